The van der Waals surface area contributed by atoms with Gasteiger partial charge in [0.2, 0.25) is 5.91 Å². The van der Waals surface area contributed by atoms with Crippen molar-refractivity contribution in [2.75, 3.05) is 27.2 Å². The molecule has 0 aliphatic carbocycles. The third kappa shape index (κ3) is 5.15. The molecule has 3 heterocycles. The van der Waals surface area contributed by atoms with Gasteiger partial charge >= 0.3 is 0 Å². The quantitative estimate of drug-likeness (QED) is 0.574. The predicted molar refractivity (Wildman–Crippen MR) is 121 cm³/mol. The third-order valence-corrected chi connectivity index (χ3v) is 6.14. The van der Waals surface area contributed by atoms with Gasteiger partial charge in [-0.3, -0.25) is 9.59 Å². The summed E-state index contributed by atoms with van der Waals surface area (Å²) in [5.74, 6) is -2.32. The number of pyridine rings is 1. The molecule has 1 unspecified atom stereocenters. The van der Waals surface area contributed by atoms with Gasteiger partial charge in [-0.05, 0) is 44.3 Å². The molecule has 2 N–H and O–H groups in total. The largest absolute Gasteiger partial charge is 0.339 e. The van der Waals surface area contributed by atoms with Crippen molar-refractivity contribution in [1.82, 2.24) is 25.1 Å². The van der Waals surface area contributed by atoms with Gasteiger partial charge < -0.3 is 20.1 Å². The van der Waals surface area contributed by atoms with E-state index in [0.29, 0.717) is 29.1 Å². The Morgan fingerprint density at radius 3 is 2.79 bits per heavy atom. The van der Waals surface area contributed by atoms with Crippen LogP contribution in [0.3, 0.4) is 0 Å². The van der Waals surface area contributed by atoms with Crippen LogP contribution in [0.2, 0.25) is 5.02 Å². The minimum Gasteiger partial charge on any atom is -0.339 e. The van der Waals surface area contributed by atoms with Crippen LogP contribution in [0.1, 0.15) is 22.5 Å². The Kier molecular flexibility index (Phi) is 6.62. The molecule has 2 atom stereocenters. The highest BCUT2D eigenvalue weighted by Crippen LogP contribution is 2.20. The van der Waals surface area contributed by atoms with Crippen molar-refractivity contribution in [3.63, 3.8) is 0 Å². The van der Waals surface area contributed by atoms with E-state index >= 15 is 0 Å². The number of carbonyl (C=O) groups is 2. The highest BCUT2D eigenvalue weighted by Gasteiger charge is 2.33. The number of likely N-dealkylation sites (tertiary alicyclic amines) is 1. The summed E-state index contributed by atoms with van der Waals surface area (Å²) in [4.78, 5) is 37.1. The second-order valence-electron chi connectivity index (χ2n) is 8.43. The SMILES string of the molecule is CN(C)C1CCN(C(=O)[C@H](Cc2ccc(F)cc2F)NC(=O)c2cc3cc(Cl)cnc3[nH]2)C1. The summed E-state index contributed by atoms with van der Waals surface area (Å²) in [5, 5.41) is 3.80. The topological polar surface area (TPSA) is 81.3 Å². The van der Waals surface area contributed by atoms with Crippen molar-refractivity contribution in [1.29, 1.82) is 0 Å². The molecule has 33 heavy (non-hydrogen) atoms. The van der Waals surface area contributed by atoms with E-state index in [2.05, 4.69) is 15.3 Å². The van der Waals surface area contributed by atoms with Crippen molar-refractivity contribution >= 4 is 34.4 Å². The van der Waals surface area contributed by atoms with Crippen LogP contribution in [0.15, 0.2) is 36.5 Å². The number of benzene rings is 1. The Morgan fingerprint density at radius 2 is 2.09 bits per heavy atom. The number of aromatic amines is 1. The summed E-state index contributed by atoms with van der Waals surface area (Å²) in [6.45, 7) is 1.05. The minimum atomic E-state index is -1.03. The molecule has 0 bridgehead atoms. The molecule has 0 radical (unpaired) electrons. The number of fused-ring (bicyclic) bond motifs is 1. The molecule has 3 aromatic rings. The second kappa shape index (κ2) is 9.44. The lowest BCUT2D eigenvalue weighted by Crippen LogP contribution is -2.49. The van der Waals surface area contributed by atoms with Gasteiger partial charge in [0.05, 0.1) is 5.02 Å². The number of rotatable bonds is 6. The van der Waals surface area contributed by atoms with Gasteiger partial charge in [-0.15, -0.1) is 0 Å². The molecule has 0 spiro atoms. The van der Waals surface area contributed by atoms with E-state index in [-0.39, 0.29) is 29.6 Å². The molecular formula is C23H24ClF2N5O2. The zero-order valence-electron chi connectivity index (χ0n) is 18.2. The number of halogens is 3. The first-order valence-electron chi connectivity index (χ1n) is 10.6. The average molecular weight is 476 g/mol. The van der Waals surface area contributed by atoms with Crippen LogP contribution in [0, 0.1) is 11.6 Å². The zero-order valence-corrected chi connectivity index (χ0v) is 19.0. The van der Waals surface area contributed by atoms with Gasteiger partial charge in [-0.2, -0.15) is 0 Å². The number of likely N-dealkylation sites (N-methyl/N-ethyl adjacent to an activating group) is 1. The fourth-order valence-electron chi connectivity index (χ4n) is 4.04. The fourth-order valence-corrected chi connectivity index (χ4v) is 4.20. The molecule has 0 saturated carbocycles. The lowest BCUT2D eigenvalue weighted by molar-refractivity contribution is -0.132. The van der Waals surface area contributed by atoms with E-state index in [4.69, 9.17) is 11.6 Å². The Hall–Kier alpha value is -3.04. The van der Waals surface area contributed by atoms with Gasteiger partial charge in [-0.25, -0.2) is 13.8 Å². The van der Waals surface area contributed by atoms with Crippen molar-refractivity contribution < 1.29 is 18.4 Å². The van der Waals surface area contributed by atoms with Crippen LogP contribution in [0.25, 0.3) is 11.0 Å². The smallest absolute Gasteiger partial charge is 0.268 e. The fraction of sp³-hybridized carbons (Fsp3) is 0.348. The number of nitrogens with zero attached hydrogens (tertiary/aromatic N) is 3. The third-order valence-electron chi connectivity index (χ3n) is 5.93. The number of hydrogen-bond donors (Lipinski definition) is 2. The standard InChI is InChI=1S/C23H24ClF2N5O2/c1-30(2)17-5-6-31(12-17)23(33)20(8-13-3-4-16(25)10-18(13)26)29-22(32)19-9-14-7-15(24)11-27-21(14)28-19/h3-4,7,9-11,17,20H,5-6,8,12H2,1-2H3,(H,27,28)(H,29,32)/t17?,20-/m0/s1. The number of nitrogens with one attached hydrogen (secondary N) is 2. The first kappa shape index (κ1) is 23.1. The molecule has 2 amide bonds. The zero-order chi connectivity index (χ0) is 23.7. The van der Waals surface area contributed by atoms with Gasteiger partial charge in [0.15, 0.2) is 0 Å². The molecule has 1 fully saturated rings. The van der Waals surface area contributed by atoms with Crippen LogP contribution in [-0.4, -0.2) is 70.9 Å². The number of hydrogen-bond acceptors (Lipinski definition) is 4. The molecule has 1 saturated heterocycles. The summed E-state index contributed by atoms with van der Waals surface area (Å²) < 4.78 is 27.7. The van der Waals surface area contributed by atoms with E-state index in [1.54, 1.807) is 17.0 Å². The minimum absolute atomic E-state index is 0.107. The van der Waals surface area contributed by atoms with E-state index in [9.17, 15) is 18.4 Å². The summed E-state index contributed by atoms with van der Waals surface area (Å²) in [6, 6.07) is 5.62. The molecule has 1 aliphatic heterocycles. The lowest BCUT2D eigenvalue weighted by atomic mass is 10.0. The predicted octanol–water partition coefficient (Wildman–Crippen LogP) is 3.00. The first-order chi connectivity index (χ1) is 15.7. The normalized spacial score (nSPS) is 17.0. The number of aromatic nitrogens is 2. The van der Waals surface area contributed by atoms with Gasteiger partial charge in [0, 0.05) is 43.2 Å². The summed E-state index contributed by atoms with van der Waals surface area (Å²) in [5.41, 5.74) is 0.818. The van der Waals surface area contributed by atoms with Crippen LogP contribution < -0.4 is 5.32 Å². The van der Waals surface area contributed by atoms with E-state index < -0.39 is 23.6 Å². The molecule has 10 heteroatoms. The Morgan fingerprint density at radius 1 is 1.30 bits per heavy atom. The number of carbonyl (C=O) groups excluding carboxylic acids is 2. The van der Waals surface area contributed by atoms with Crippen molar-refractivity contribution in [2.24, 2.45) is 0 Å². The van der Waals surface area contributed by atoms with Gasteiger partial charge in [-0.1, -0.05) is 17.7 Å². The first-order valence-corrected chi connectivity index (χ1v) is 10.9. The molecule has 4 rings (SSSR count). The highest BCUT2D eigenvalue weighted by molar-refractivity contribution is 6.31. The van der Waals surface area contributed by atoms with Gasteiger partial charge in [0.25, 0.3) is 5.91 Å². The van der Waals surface area contributed by atoms with Crippen LogP contribution in [0.5, 0.6) is 0 Å². The number of H-pyrrole nitrogens is 1. The molecular weight excluding hydrogens is 452 g/mol. The summed E-state index contributed by atoms with van der Waals surface area (Å²) >= 11 is 5.96. The van der Waals surface area contributed by atoms with Gasteiger partial charge in [0.1, 0.15) is 29.0 Å². The van der Waals surface area contributed by atoms with Crippen LogP contribution in [0.4, 0.5) is 8.78 Å². The second-order valence-corrected chi connectivity index (χ2v) is 8.87. The maximum atomic E-state index is 14.3. The molecule has 2 aromatic heterocycles. The average Bonchev–Trinajstić information content (AvgIpc) is 3.41. The highest BCUT2D eigenvalue weighted by atomic mass is 35.5. The van der Waals surface area contributed by atoms with E-state index in [1.165, 1.54) is 12.3 Å². The summed E-state index contributed by atoms with van der Waals surface area (Å²) in [6.07, 6.45) is 2.16. The summed E-state index contributed by atoms with van der Waals surface area (Å²) in [7, 11) is 3.89. The maximum absolute atomic E-state index is 14.3. The monoisotopic (exact) mass is 475 g/mol. The van der Waals surface area contributed by atoms with E-state index in [0.717, 1.165) is 18.6 Å². The van der Waals surface area contributed by atoms with E-state index in [1.807, 2.05) is 19.0 Å². The van der Waals surface area contributed by atoms with Crippen molar-refractivity contribution in [2.45, 2.75) is 24.9 Å². The molecule has 1 aromatic carbocycles. The van der Waals surface area contributed by atoms with Crippen molar-refractivity contribution in [3.05, 3.63) is 64.4 Å². The molecule has 1 aliphatic rings. The number of amides is 2. The molecule has 174 valence electrons. The molecule has 7 nitrogen and oxygen atoms in total. The Balaban J connectivity index is 1.58. The lowest BCUT2D eigenvalue weighted by Gasteiger charge is -2.25. The Labute approximate surface area is 194 Å². The van der Waals surface area contributed by atoms with Crippen molar-refractivity contribution in [3.8, 4) is 0 Å². The van der Waals surface area contributed by atoms with Crippen LogP contribution >= 0.6 is 11.6 Å². The Bertz CT molecular complexity index is 1200. The van der Waals surface area contributed by atoms with Crippen LogP contribution in [-0.2, 0) is 11.2 Å². The maximum Gasteiger partial charge on any atom is 0.268 e.